The smallest absolute Gasteiger partial charge is 0.254 e. The van der Waals surface area contributed by atoms with Crippen LogP contribution in [-0.4, -0.2) is 27.5 Å². The van der Waals surface area contributed by atoms with Crippen LogP contribution in [0.4, 0.5) is 12.9 Å². The summed E-state index contributed by atoms with van der Waals surface area (Å²) in [5.74, 6) is 0.535. The second-order valence-electron chi connectivity index (χ2n) is 1.57. The van der Waals surface area contributed by atoms with Crippen LogP contribution in [0.5, 0.6) is 0 Å². The van der Waals surface area contributed by atoms with E-state index in [4.69, 9.17) is 0 Å². The molecule has 0 saturated carbocycles. The Kier molecular flexibility index (Phi) is 7.93. The first-order valence-corrected chi connectivity index (χ1v) is 4.80. The molecule has 0 fully saturated rings. The van der Waals surface area contributed by atoms with Gasteiger partial charge in [0.2, 0.25) is 0 Å². The fraction of sp³-hybridized carbons (Fsp3) is 1.00. The zero-order valence-corrected chi connectivity index (χ0v) is 7.17. The molecule has 0 heterocycles. The van der Waals surface area contributed by atoms with E-state index in [-0.39, 0.29) is 11.5 Å². The molecule has 0 amide bonds. The highest BCUT2D eigenvalue weighted by Crippen LogP contribution is 1.84. The molecule has 2 nitrogen and oxygen atoms in total. The lowest BCUT2D eigenvalue weighted by Crippen LogP contribution is -2.04. The normalized spacial score (nSPS) is 9.91. The summed E-state index contributed by atoms with van der Waals surface area (Å²) in [6, 6.07) is 0. The van der Waals surface area contributed by atoms with Gasteiger partial charge in [0, 0.05) is 11.5 Å². The van der Waals surface area contributed by atoms with Crippen LogP contribution in [0.25, 0.3) is 0 Å². The molecule has 0 bridgehead atoms. The minimum absolute atomic E-state index is 0.267. The quantitative estimate of drug-likeness (QED) is 0.615. The van der Waals surface area contributed by atoms with Crippen molar-refractivity contribution in [3.8, 4) is 0 Å². The highest BCUT2D eigenvalue weighted by molar-refractivity contribution is 7.91. The molecule has 0 rings (SSSR count). The van der Waals surface area contributed by atoms with Crippen LogP contribution in [0.3, 0.4) is 0 Å². The van der Waals surface area contributed by atoms with E-state index in [9.17, 15) is 21.4 Å². The molecule has 0 unspecified atom stereocenters. The van der Waals surface area contributed by atoms with Gasteiger partial charge < -0.3 is 0 Å². The van der Waals surface area contributed by atoms with E-state index in [1.807, 2.05) is 0 Å². The van der Waals surface area contributed by atoms with Crippen LogP contribution in [0.1, 0.15) is 13.8 Å². The van der Waals surface area contributed by atoms with Gasteiger partial charge in [-0.15, -0.1) is 0 Å². The number of rotatable bonds is 2. The first-order chi connectivity index (χ1) is 4.85. The monoisotopic (exact) mass is 190 g/mol. The molecule has 0 aromatic heterocycles. The van der Waals surface area contributed by atoms with Crippen molar-refractivity contribution in [1.82, 2.24) is 0 Å². The Bertz CT molecular complexity index is 155. The van der Waals surface area contributed by atoms with Crippen LogP contribution in [-0.2, 0) is 9.84 Å². The fourth-order valence-electron chi connectivity index (χ4n) is 0.204. The van der Waals surface area contributed by atoms with Crippen molar-refractivity contribution >= 4 is 17.4 Å². The molecule has 11 heavy (non-hydrogen) atoms. The first-order valence-electron chi connectivity index (χ1n) is 2.98. The maximum absolute atomic E-state index is 10.4. The Morgan fingerprint density at radius 3 is 1.27 bits per heavy atom. The summed E-state index contributed by atoms with van der Waals surface area (Å²) < 4.78 is 49.7. The zero-order chi connectivity index (χ0) is 9.49. The number of hydrogen-bond donors (Lipinski definition) is 0. The highest BCUT2D eigenvalue weighted by atomic mass is 32.2. The molecular formula is C4H10BF3O2S. The lowest BCUT2D eigenvalue weighted by Gasteiger charge is -1.89. The third kappa shape index (κ3) is 17.7. The molecule has 0 aliphatic rings. The minimum Gasteiger partial charge on any atom is -0.254 e. The Morgan fingerprint density at radius 2 is 1.27 bits per heavy atom. The standard InChI is InChI=1S/C4H10O2S.BF3/c1-3-7(5,6)4-2;2-1(3)4/h3-4H2,1-2H3;. The minimum atomic E-state index is -3.67. The number of halogens is 3. The van der Waals surface area contributed by atoms with Gasteiger partial charge >= 0.3 is 7.54 Å². The Morgan fingerprint density at radius 1 is 1.09 bits per heavy atom. The van der Waals surface area contributed by atoms with Crippen molar-refractivity contribution in [3.63, 3.8) is 0 Å². The molecule has 68 valence electrons. The summed E-state index contributed by atoms with van der Waals surface area (Å²) in [7, 11) is -6.32. The summed E-state index contributed by atoms with van der Waals surface area (Å²) >= 11 is 0. The van der Waals surface area contributed by atoms with Crippen LogP contribution < -0.4 is 0 Å². The van der Waals surface area contributed by atoms with Crippen molar-refractivity contribution in [2.75, 3.05) is 11.5 Å². The first kappa shape index (κ1) is 13.4. The number of sulfone groups is 1. The van der Waals surface area contributed by atoms with Gasteiger partial charge in [-0.2, -0.15) is 0 Å². The van der Waals surface area contributed by atoms with Gasteiger partial charge in [0.1, 0.15) is 9.84 Å². The van der Waals surface area contributed by atoms with Crippen molar-refractivity contribution in [1.29, 1.82) is 0 Å². The van der Waals surface area contributed by atoms with Crippen molar-refractivity contribution in [3.05, 3.63) is 0 Å². The van der Waals surface area contributed by atoms with Gasteiger partial charge in [0.05, 0.1) is 0 Å². The lowest BCUT2D eigenvalue weighted by molar-refractivity contribution is 0.535. The predicted octanol–water partition coefficient (Wildman–Crippen LogP) is 1.32. The van der Waals surface area contributed by atoms with E-state index in [0.29, 0.717) is 0 Å². The van der Waals surface area contributed by atoms with Gasteiger partial charge in [0.25, 0.3) is 0 Å². The fourth-order valence-corrected chi connectivity index (χ4v) is 0.612. The maximum atomic E-state index is 10.4. The third-order valence-electron chi connectivity index (χ3n) is 0.880. The average molecular weight is 190 g/mol. The lowest BCUT2D eigenvalue weighted by atomic mass is 10.5. The molecule has 0 aliphatic carbocycles. The second kappa shape index (κ2) is 6.51. The van der Waals surface area contributed by atoms with Crippen LogP contribution in [0.15, 0.2) is 0 Å². The molecule has 0 aromatic rings. The second-order valence-corrected chi connectivity index (χ2v) is 4.21. The maximum Gasteiger partial charge on any atom is 0.762 e. The molecule has 0 saturated heterocycles. The number of hydrogen-bond acceptors (Lipinski definition) is 2. The molecule has 0 N–H and O–H groups in total. The molecule has 0 aromatic carbocycles. The van der Waals surface area contributed by atoms with E-state index in [0.717, 1.165) is 0 Å². The summed E-state index contributed by atoms with van der Waals surface area (Å²) in [4.78, 5) is 0. The van der Waals surface area contributed by atoms with Gasteiger partial charge in [-0.1, -0.05) is 13.8 Å². The Balaban J connectivity index is 0. The SMILES string of the molecule is CCS(=O)(=O)CC.FB(F)F. The van der Waals surface area contributed by atoms with E-state index in [1.165, 1.54) is 0 Å². The molecule has 0 radical (unpaired) electrons. The van der Waals surface area contributed by atoms with Crippen LogP contribution in [0, 0.1) is 0 Å². The topological polar surface area (TPSA) is 34.1 Å². The van der Waals surface area contributed by atoms with E-state index in [2.05, 4.69) is 0 Å². The Hall–Kier alpha value is -0.195. The van der Waals surface area contributed by atoms with Gasteiger partial charge in [0.15, 0.2) is 0 Å². The third-order valence-corrected chi connectivity index (χ3v) is 2.64. The summed E-state index contributed by atoms with van der Waals surface area (Å²) in [6.45, 7) is 3.30. The average Bonchev–Trinajstić information content (AvgIpc) is 1.87. The summed E-state index contributed by atoms with van der Waals surface area (Å²) in [5, 5.41) is 0. The molecular weight excluding hydrogens is 180 g/mol. The van der Waals surface area contributed by atoms with Crippen molar-refractivity contribution < 1.29 is 21.4 Å². The predicted molar refractivity (Wildman–Crippen MR) is 39.1 cm³/mol. The van der Waals surface area contributed by atoms with E-state index >= 15 is 0 Å². The van der Waals surface area contributed by atoms with Crippen LogP contribution in [0.2, 0.25) is 0 Å². The largest absolute Gasteiger partial charge is 0.762 e. The van der Waals surface area contributed by atoms with Crippen molar-refractivity contribution in [2.24, 2.45) is 0 Å². The summed E-state index contributed by atoms with van der Waals surface area (Å²) in [5.41, 5.74) is 0. The highest BCUT2D eigenvalue weighted by Gasteiger charge is 2.06. The molecule has 0 atom stereocenters. The van der Waals surface area contributed by atoms with Gasteiger partial charge in [-0.25, -0.2) is 8.42 Å². The summed E-state index contributed by atoms with van der Waals surface area (Å²) in [6.07, 6.45) is 0. The van der Waals surface area contributed by atoms with Gasteiger partial charge in [-0.05, 0) is 0 Å². The molecule has 0 spiro atoms. The van der Waals surface area contributed by atoms with E-state index < -0.39 is 17.4 Å². The van der Waals surface area contributed by atoms with E-state index in [1.54, 1.807) is 13.8 Å². The Labute approximate surface area is 64.9 Å². The zero-order valence-electron chi connectivity index (χ0n) is 6.35. The van der Waals surface area contributed by atoms with Crippen LogP contribution >= 0.6 is 0 Å². The van der Waals surface area contributed by atoms with Gasteiger partial charge in [-0.3, -0.25) is 12.9 Å². The molecule has 7 heteroatoms. The van der Waals surface area contributed by atoms with Crippen molar-refractivity contribution in [2.45, 2.75) is 13.8 Å². The molecule has 0 aliphatic heterocycles.